The van der Waals surface area contributed by atoms with Crippen molar-refractivity contribution in [1.29, 1.82) is 0 Å². The van der Waals surface area contributed by atoms with Gasteiger partial charge in [-0.2, -0.15) is 0 Å². The van der Waals surface area contributed by atoms with Gasteiger partial charge in [0.1, 0.15) is 0 Å². The van der Waals surface area contributed by atoms with Crippen molar-refractivity contribution < 1.29 is 0 Å². The molecule has 18 heavy (non-hydrogen) atoms. The standard InChI is InChI=1S/C18H30/c1-13(2)15-10-11-17-16(15)9-7-6-8-12-18(17,5)14(3)4/h10-11,13-15H,6-9,12H2,1-5H3. The van der Waals surface area contributed by atoms with Gasteiger partial charge in [0.2, 0.25) is 0 Å². The van der Waals surface area contributed by atoms with Gasteiger partial charge >= 0.3 is 0 Å². The molecule has 0 aliphatic heterocycles. The molecular weight excluding hydrogens is 216 g/mol. The highest BCUT2D eigenvalue weighted by Crippen LogP contribution is 2.49. The molecule has 2 rings (SSSR count). The lowest BCUT2D eigenvalue weighted by molar-refractivity contribution is 0.243. The molecule has 0 spiro atoms. The van der Waals surface area contributed by atoms with Crippen LogP contribution in [0.2, 0.25) is 0 Å². The lowest BCUT2D eigenvalue weighted by Gasteiger charge is -2.38. The molecule has 0 aromatic heterocycles. The summed E-state index contributed by atoms with van der Waals surface area (Å²) in [5.74, 6) is 2.22. The summed E-state index contributed by atoms with van der Waals surface area (Å²) >= 11 is 0. The third-order valence-electron chi connectivity index (χ3n) is 5.47. The summed E-state index contributed by atoms with van der Waals surface area (Å²) in [7, 11) is 0. The Bertz CT molecular complexity index is 356. The van der Waals surface area contributed by atoms with Crippen molar-refractivity contribution >= 4 is 0 Å². The second kappa shape index (κ2) is 5.23. The highest BCUT2D eigenvalue weighted by atomic mass is 14.4. The summed E-state index contributed by atoms with van der Waals surface area (Å²) in [5.41, 5.74) is 3.90. The predicted octanol–water partition coefficient (Wildman–Crippen LogP) is 5.75. The minimum Gasteiger partial charge on any atom is -0.0768 e. The summed E-state index contributed by atoms with van der Waals surface area (Å²) in [6.45, 7) is 12.1. The molecule has 2 atom stereocenters. The monoisotopic (exact) mass is 246 g/mol. The van der Waals surface area contributed by atoms with Crippen molar-refractivity contribution in [3.63, 3.8) is 0 Å². The van der Waals surface area contributed by atoms with Crippen LogP contribution in [0.4, 0.5) is 0 Å². The van der Waals surface area contributed by atoms with E-state index in [-0.39, 0.29) is 0 Å². The lowest BCUT2D eigenvalue weighted by Crippen LogP contribution is -2.27. The Kier molecular flexibility index (Phi) is 4.04. The first kappa shape index (κ1) is 13.9. The molecule has 102 valence electrons. The quantitative estimate of drug-likeness (QED) is 0.582. The van der Waals surface area contributed by atoms with Crippen LogP contribution in [0, 0.1) is 23.2 Å². The van der Waals surface area contributed by atoms with Crippen LogP contribution in [0.3, 0.4) is 0 Å². The summed E-state index contributed by atoms with van der Waals surface area (Å²) in [6, 6.07) is 0. The van der Waals surface area contributed by atoms with Gasteiger partial charge in [0.05, 0.1) is 0 Å². The molecule has 0 saturated heterocycles. The molecule has 0 bridgehead atoms. The van der Waals surface area contributed by atoms with Crippen LogP contribution in [0.15, 0.2) is 23.3 Å². The summed E-state index contributed by atoms with van der Waals surface area (Å²) in [6.07, 6.45) is 11.9. The molecule has 0 aromatic rings. The van der Waals surface area contributed by atoms with Gasteiger partial charge in [0, 0.05) is 5.92 Å². The summed E-state index contributed by atoms with van der Waals surface area (Å²) < 4.78 is 0. The Morgan fingerprint density at radius 3 is 2.44 bits per heavy atom. The normalized spacial score (nSPS) is 32.9. The highest BCUT2D eigenvalue weighted by molar-refractivity contribution is 5.42. The van der Waals surface area contributed by atoms with Crippen LogP contribution < -0.4 is 0 Å². The maximum atomic E-state index is 2.51. The molecule has 0 N–H and O–H groups in total. The molecule has 0 fully saturated rings. The Morgan fingerprint density at radius 1 is 1.11 bits per heavy atom. The Morgan fingerprint density at radius 2 is 1.83 bits per heavy atom. The fraction of sp³-hybridized carbons (Fsp3) is 0.778. The maximum Gasteiger partial charge on any atom is 0.000902 e. The Labute approximate surface area is 114 Å². The van der Waals surface area contributed by atoms with E-state index in [1.807, 2.05) is 0 Å². The number of allylic oxidation sites excluding steroid dienone is 4. The van der Waals surface area contributed by atoms with E-state index in [1.54, 1.807) is 11.1 Å². The van der Waals surface area contributed by atoms with E-state index in [0.29, 0.717) is 5.41 Å². The molecule has 2 aliphatic rings. The van der Waals surface area contributed by atoms with Gasteiger partial charge in [0.25, 0.3) is 0 Å². The minimum absolute atomic E-state index is 0.413. The maximum absolute atomic E-state index is 2.51. The van der Waals surface area contributed by atoms with Crippen molar-refractivity contribution in [3.05, 3.63) is 23.3 Å². The molecule has 0 saturated carbocycles. The Hall–Kier alpha value is -0.520. The van der Waals surface area contributed by atoms with E-state index in [9.17, 15) is 0 Å². The molecule has 0 radical (unpaired) electrons. The average molecular weight is 246 g/mol. The van der Waals surface area contributed by atoms with Gasteiger partial charge in [-0.05, 0) is 42.1 Å². The second-order valence-electron chi connectivity index (χ2n) is 7.20. The fourth-order valence-corrected chi connectivity index (χ4v) is 3.80. The first-order valence-electron chi connectivity index (χ1n) is 7.88. The minimum atomic E-state index is 0.413. The molecule has 2 unspecified atom stereocenters. The van der Waals surface area contributed by atoms with Gasteiger partial charge in [0.15, 0.2) is 0 Å². The number of hydrogen-bond donors (Lipinski definition) is 0. The van der Waals surface area contributed by atoms with Crippen LogP contribution in [0.25, 0.3) is 0 Å². The molecule has 0 heteroatoms. The van der Waals surface area contributed by atoms with Crippen molar-refractivity contribution in [1.82, 2.24) is 0 Å². The predicted molar refractivity (Wildman–Crippen MR) is 80.5 cm³/mol. The van der Waals surface area contributed by atoms with Gasteiger partial charge in [-0.25, -0.2) is 0 Å². The van der Waals surface area contributed by atoms with Gasteiger partial charge in [-0.1, -0.05) is 65.2 Å². The van der Waals surface area contributed by atoms with E-state index in [4.69, 9.17) is 0 Å². The largest absolute Gasteiger partial charge is 0.0768 e. The third kappa shape index (κ3) is 2.31. The van der Waals surface area contributed by atoms with E-state index >= 15 is 0 Å². The van der Waals surface area contributed by atoms with Crippen LogP contribution >= 0.6 is 0 Å². The van der Waals surface area contributed by atoms with E-state index in [0.717, 1.165) is 17.8 Å². The van der Waals surface area contributed by atoms with Crippen molar-refractivity contribution in [3.8, 4) is 0 Å². The SMILES string of the molecule is CC(C)C1C=CC2=C1CCCCCC2(C)C(C)C. The van der Waals surface area contributed by atoms with Gasteiger partial charge in [-0.3, -0.25) is 0 Å². The molecule has 0 heterocycles. The zero-order valence-electron chi connectivity index (χ0n) is 12.9. The van der Waals surface area contributed by atoms with Gasteiger partial charge in [-0.15, -0.1) is 0 Å². The van der Waals surface area contributed by atoms with Crippen molar-refractivity contribution in [2.24, 2.45) is 23.2 Å². The molecule has 0 amide bonds. The zero-order chi connectivity index (χ0) is 13.3. The van der Waals surface area contributed by atoms with Crippen molar-refractivity contribution in [2.45, 2.75) is 66.7 Å². The van der Waals surface area contributed by atoms with Crippen LogP contribution in [0.1, 0.15) is 66.7 Å². The molecule has 0 aromatic carbocycles. The van der Waals surface area contributed by atoms with Crippen LogP contribution in [-0.4, -0.2) is 0 Å². The molecular formula is C18H30. The first-order valence-corrected chi connectivity index (χ1v) is 7.88. The molecule has 2 aliphatic carbocycles. The van der Waals surface area contributed by atoms with Crippen molar-refractivity contribution in [2.75, 3.05) is 0 Å². The van der Waals surface area contributed by atoms with Crippen LogP contribution in [0.5, 0.6) is 0 Å². The van der Waals surface area contributed by atoms with E-state index < -0.39 is 0 Å². The lowest BCUT2D eigenvalue weighted by atomic mass is 9.66. The number of rotatable bonds is 2. The smallest absolute Gasteiger partial charge is 0.000902 e. The summed E-state index contributed by atoms with van der Waals surface area (Å²) in [5, 5.41) is 0. The number of hydrogen-bond acceptors (Lipinski definition) is 0. The summed E-state index contributed by atoms with van der Waals surface area (Å²) in [4.78, 5) is 0. The fourth-order valence-electron chi connectivity index (χ4n) is 3.80. The molecule has 0 nitrogen and oxygen atoms in total. The zero-order valence-corrected chi connectivity index (χ0v) is 12.9. The average Bonchev–Trinajstić information content (AvgIpc) is 2.69. The van der Waals surface area contributed by atoms with E-state index in [2.05, 4.69) is 46.8 Å². The van der Waals surface area contributed by atoms with E-state index in [1.165, 1.54) is 32.1 Å². The topological polar surface area (TPSA) is 0 Å². The highest BCUT2D eigenvalue weighted by Gasteiger charge is 2.37. The third-order valence-corrected chi connectivity index (χ3v) is 5.47. The Balaban J connectivity index is 2.42. The van der Waals surface area contributed by atoms with Crippen LogP contribution in [-0.2, 0) is 0 Å². The van der Waals surface area contributed by atoms with Gasteiger partial charge < -0.3 is 0 Å². The second-order valence-corrected chi connectivity index (χ2v) is 7.20. The first-order chi connectivity index (χ1) is 8.47.